The van der Waals surface area contributed by atoms with E-state index in [4.69, 9.17) is 16.3 Å². The maximum absolute atomic E-state index is 13.3. The predicted molar refractivity (Wildman–Crippen MR) is 96.8 cm³/mol. The second-order valence-electron chi connectivity index (χ2n) is 7.01. The summed E-state index contributed by atoms with van der Waals surface area (Å²) >= 11 is 5.96. The van der Waals surface area contributed by atoms with Gasteiger partial charge in [-0.3, -0.25) is 4.57 Å². The minimum atomic E-state index is -4.57. The summed E-state index contributed by atoms with van der Waals surface area (Å²) in [5.74, 6) is 0. The smallest absolute Gasteiger partial charge is 0.418 e. The first-order valence-electron chi connectivity index (χ1n) is 8.03. The predicted octanol–water partition coefficient (Wildman–Crippen LogP) is 6.16. The van der Waals surface area contributed by atoms with Crippen LogP contribution in [0.5, 0.6) is 0 Å². The summed E-state index contributed by atoms with van der Waals surface area (Å²) in [6.07, 6.45) is -1.06. The second kappa shape index (κ2) is 6.56. The average Bonchev–Trinajstić information content (AvgIpc) is 2.95. The van der Waals surface area contributed by atoms with Crippen molar-refractivity contribution in [3.63, 3.8) is 0 Å². The van der Waals surface area contributed by atoms with Gasteiger partial charge in [0.15, 0.2) is 0 Å². The molecular weight excluding hydrogens is 381 g/mol. The van der Waals surface area contributed by atoms with Crippen molar-refractivity contribution < 1.29 is 22.7 Å². The first-order chi connectivity index (χ1) is 12.5. The van der Waals surface area contributed by atoms with E-state index < -0.39 is 23.4 Å². The van der Waals surface area contributed by atoms with Gasteiger partial charge in [-0.1, -0.05) is 23.7 Å². The summed E-state index contributed by atoms with van der Waals surface area (Å²) < 4.78 is 46.6. The Morgan fingerprint density at radius 1 is 1.11 bits per heavy atom. The van der Waals surface area contributed by atoms with Crippen molar-refractivity contribution in [1.82, 2.24) is 9.55 Å². The monoisotopic (exact) mass is 396 g/mol. The van der Waals surface area contributed by atoms with Crippen LogP contribution in [0.4, 0.5) is 18.0 Å². The normalized spacial score (nSPS) is 12.4. The number of aromatic nitrogens is 2. The van der Waals surface area contributed by atoms with Crippen LogP contribution in [0.15, 0.2) is 42.9 Å². The summed E-state index contributed by atoms with van der Waals surface area (Å²) in [6, 6.07) is 5.56. The summed E-state index contributed by atoms with van der Waals surface area (Å²) in [5, 5.41) is 1.01. The van der Waals surface area contributed by atoms with E-state index in [9.17, 15) is 18.0 Å². The van der Waals surface area contributed by atoms with Crippen molar-refractivity contribution in [2.45, 2.75) is 32.5 Å². The molecule has 8 heteroatoms. The van der Waals surface area contributed by atoms with Gasteiger partial charge in [-0.15, -0.1) is 0 Å². The number of alkyl halides is 3. The zero-order valence-corrected chi connectivity index (χ0v) is 15.5. The molecule has 2 heterocycles. The summed E-state index contributed by atoms with van der Waals surface area (Å²) in [6.45, 7) is 5.24. The standard InChI is InChI=1S/C19H16ClF3N2O2/c1-18(2,3)27-17(26)25-9-12-5-4-11(8-13(12)10-25)15-14(19(21,22)23)6-7-24-16(15)20/h4-10H,1-3H3. The Kier molecular flexibility index (Phi) is 4.67. The van der Waals surface area contributed by atoms with E-state index in [2.05, 4.69) is 4.98 Å². The Balaban J connectivity index is 2.08. The highest BCUT2D eigenvalue weighted by Gasteiger charge is 2.35. The third-order valence-electron chi connectivity index (χ3n) is 3.75. The molecule has 0 unspecified atom stereocenters. The molecule has 1 aromatic carbocycles. The van der Waals surface area contributed by atoms with E-state index >= 15 is 0 Å². The molecule has 2 aromatic heterocycles. The average molecular weight is 397 g/mol. The lowest BCUT2D eigenvalue weighted by Crippen LogP contribution is -2.26. The summed E-state index contributed by atoms with van der Waals surface area (Å²) in [5.41, 5.74) is -1.47. The van der Waals surface area contributed by atoms with Gasteiger partial charge in [-0.2, -0.15) is 13.2 Å². The van der Waals surface area contributed by atoms with Gasteiger partial charge < -0.3 is 4.74 Å². The van der Waals surface area contributed by atoms with E-state index in [1.807, 2.05) is 0 Å². The number of carbonyl (C=O) groups is 1. The lowest BCUT2D eigenvalue weighted by molar-refractivity contribution is -0.137. The molecule has 0 aliphatic heterocycles. The molecule has 0 bridgehead atoms. The number of rotatable bonds is 1. The van der Waals surface area contributed by atoms with Crippen molar-refractivity contribution >= 4 is 28.5 Å². The summed E-state index contributed by atoms with van der Waals surface area (Å²) in [4.78, 5) is 16.0. The van der Waals surface area contributed by atoms with Crippen molar-refractivity contribution in [1.29, 1.82) is 0 Å². The number of nitrogens with zero attached hydrogens (tertiary/aromatic N) is 2. The fraction of sp³-hybridized carbons (Fsp3) is 0.263. The topological polar surface area (TPSA) is 44.1 Å². The van der Waals surface area contributed by atoms with E-state index in [1.165, 1.54) is 22.9 Å². The van der Waals surface area contributed by atoms with Gasteiger partial charge in [0.2, 0.25) is 0 Å². The zero-order valence-electron chi connectivity index (χ0n) is 14.8. The van der Waals surface area contributed by atoms with Crippen LogP contribution in [0.1, 0.15) is 26.3 Å². The Bertz CT molecular complexity index is 1020. The highest BCUT2D eigenvalue weighted by Crippen LogP contribution is 2.40. The van der Waals surface area contributed by atoms with Crippen LogP contribution < -0.4 is 0 Å². The van der Waals surface area contributed by atoms with Gasteiger partial charge in [0.1, 0.15) is 10.8 Å². The Morgan fingerprint density at radius 2 is 1.78 bits per heavy atom. The van der Waals surface area contributed by atoms with Crippen LogP contribution in [0.3, 0.4) is 0 Å². The molecule has 0 atom stereocenters. The van der Waals surface area contributed by atoms with Crippen LogP contribution in [0.25, 0.3) is 21.9 Å². The summed E-state index contributed by atoms with van der Waals surface area (Å²) in [7, 11) is 0. The third-order valence-corrected chi connectivity index (χ3v) is 4.03. The number of ether oxygens (including phenoxy) is 1. The lowest BCUT2D eigenvalue weighted by atomic mass is 10.00. The van der Waals surface area contributed by atoms with Crippen LogP contribution in [-0.4, -0.2) is 21.2 Å². The quantitative estimate of drug-likeness (QED) is 0.463. The van der Waals surface area contributed by atoms with Crippen LogP contribution in [0, 0.1) is 0 Å². The van der Waals surface area contributed by atoms with E-state index in [0.717, 1.165) is 12.3 Å². The molecule has 0 amide bonds. The van der Waals surface area contributed by atoms with Gasteiger partial charge >= 0.3 is 12.3 Å². The molecule has 142 valence electrons. The van der Waals surface area contributed by atoms with Crippen LogP contribution >= 0.6 is 11.6 Å². The van der Waals surface area contributed by atoms with Crippen molar-refractivity contribution in [2.75, 3.05) is 0 Å². The van der Waals surface area contributed by atoms with Gasteiger partial charge in [-0.05, 0) is 38.5 Å². The minimum absolute atomic E-state index is 0.196. The van der Waals surface area contributed by atoms with Gasteiger partial charge in [0, 0.05) is 34.9 Å². The molecule has 0 fully saturated rings. The highest BCUT2D eigenvalue weighted by atomic mass is 35.5. The molecule has 27 heavy (non-hydrogen) atoms. The van der Waals surface area contributed by atoms with Crippen molar-refractivity contribution in [3.05, 3.63) is 53.6 Å². The maximum atomic E-state index is 13.3. The number of benzene rings is 1. The van der Waals surface area contributed by atoms with E-state index in [-0.39, 0.29) is 16.3 Å². The number of carbonyl (C=O) groups excluding carboxylic acids is 1. The Morgan fingerprint density at radius 3 is 2.41 bits per heavy atom. The first kappa shape index (κ1) is 19.2. The number of fused-ring (bicyclic) bond motifs is 1. The Labute approximate surface area is 158 Å². The molecule has 0 aliphatic carbocycles. The Hall–Kier alpha value is -2.54. The van der Waals surface area contributed by atoms with Gasteiger partial charge in [-0.25, -0.2) is 9.78 Å². The molecule has 4 nitrogen and oxygen atoms in total. The highest BCUT2D eigenvalue weighted by molar-refractivity contribution is 6.32. The molecule has 0 saturated carbocycles. The molecule has 0 N–H and O–H groups in total. The molecule has 3 aromatic rings. The third kappa shape index (κ3) is 4.08. The molecule has 0 aliphatic rings. The molecule has 0 saturated heterocycles. The first-order valence-corrected chi connectivity index (χ1v) is 8.41. The minimum Gasteiger partial charge on any atom is -0.443 e. The lowest BCUT2D eigenvalue weighted by Gasteiger charge is -2.19. The van der Waals surface area contributed by atoms with Crippen LogP contribution in [-0.2, 0) is 10.9 Å². The number of halogens is 4. The molecular formula is C19H16ClF3N2O2. The SMILES string of the molecule is CC(C)(C)OC(=O)n1cc2ccc(-c3c(C(F)(F)F)ccnc3Cl)cc2c1. The fourth-order valence-corrected chi connectivity index (χ4v) is 2.93. The molecule has 0 radical (unpaired) electrons. The van der Waals surface area contributed by atoms with Crippen molar-refractivity contribution in [2.24, 2.45) is 0 Å². The maximum Gasteiger partial charge on any atom is 0.418 e. The number of pyridine rings is 1. The molecule has 0 spiro atoms. The van der Waals surface area contributed by atoms with E-state index in [1.54, 1.807) is 33.0 Å². The zero-order chi connectivity index (χ0) is 20.0. The van der Waals surface area contributed by atoms with E-state index in [0.29, 0.717) is 10.8 Å². The number of hydrogen-bond acceptors (Lipinski definition) is 3. The van der Waals surface area contributed by atoms with Gasteiger partial charge in [0.05, 0.1) is 5.56 Å². The second-order valence-corrected chi connectivity index (χ2v) is 7.37. The van der Waals surface area contributed by atoms with Crippen LogP contribution in [0.2, 0.25) is 5.15 Å². The largest absolute Gasteiger partial charge is 0.443 e. The van der Waals surface area contributed by atoms with Crippen molar-refractivity contribution in [3.8, 4) is 11.1 Å². The fourth-order valence-electron chi connectivity index (χ4n) is 2.66. The molecule has 3 rings (SSSR count). The number of hydrogen-bond donors (Lipinski definition) is 0. The van der Waals surface area contributed by atoms with Gasteiger partial charge in [0.25, 0.3) is 0 Å².